The Bertz CT molecular complexity index is 935. The zero-order chi connectivity index (χ0) is 19.0. The second-order valence-corrected chi connectivity index (χ2v) is 7.15. The largest absolute Gasteiger partial charge is 0.352 e. The van der Waals surface area contributed by atoms with Gasteiger partial charge in [0, 0.05) is 42.2 Å². The Labute approximate surface area is 158 Å². The van der Waals surface area contributed by atoms with E-state index in [2.05, 4.69) is 5.32 Å². The number of ketones is 1. The maximum atomic E-state index is 13.0. The molecule has 1 atom stereocenters. The summed E-state index contributed by atoms with van der Waals surface area (Å²) in [5, 5.41) is 2.98. The second kappa shape index (κ2) is 6.99. The highest BCUT2D eigenvalue weighted by atomic mass is 16.2. The van der Waals surface area contributed by atoms with Crippen molar-refractivity contribution in [3.8, 4) is 11.1 Å². The van der Waals surface area contributed by atoms with Gasteiger partial charge in [-0.1, -0.05) is 37.3 Å². The van der Waals surface area contributed by atoms with Gasteiger partial charge in [-0.15, -0.1) is 0 Å². The molecule has 2 amide bonds. The molecular weight excluding hydrogens is 340 g/mol. The lowest BCUT2D eigenvalue weighted by Crippen LogP contribution is -2.49. The van der Waals surface area contributed by atoms with Gasteiger partial charge in [-0.25, -0.2) is 0 Å². The lowest BCUT2D eigenvalue weighted by Gasteiger charge is -2.33. The fourth-order valence-corrected chi connectivity index (χ4v) is 3.95. The van der Waals surface area contributed by atoms with E-state index in [1.807, 2.05) is 37.3 Å². The minimum absolute atomic E-state index is 0.00420. The SMILES string of the molecule is CCC(=O)N[C@H]1CCCN(C(=O)c2ccc3c(c2)C(=O)c2ccccc2-3)C1. The topological polar surface area (TPSA) is 66.5 Å². The van der Waals surface area contributed by atoms with Gasteiger partial charge in [0.2, 0.25) is 5.91 Å². The van der Waals surface area contributed by atoms with E-state index in [9.17, 15) is 14.4 Å². The Morgan fingerprint density at radius 1 is 1.07 bits per heavy atom. The molecule has 0 radical (unpaired) electrons. The standard InChI is InChI=1S/C22H22N2O3/c1-2-20(25)23-15-6-5-11-24(13-15)22(27)14-9-10-17-16-7-3-4-8-18(16)21(26)19(17)12-14/h3-4,7-10,12,15H,2,5-6,11,13H2,1H3,(H,23,25)/t15-/m0/s1. The van der Waals surface area contributed by atoms with Crippen molar-refractivity contribution in [2.75, 3.05) is 13.1 Å². The van der Waals surface area contributed by atoms with Gasteiger partial charge < -0.3 is 10.2 Å². The Hall–Kier alpha value is -2.95. The number of nitrogens with one attached hydrogen (secondary N) is 1. The fourth-order valence-electron chi connectivity index (χ4n) is 3.95. The van der Waals surface area contributed by atoms with Gasteiger partial charge in [-0.3, -0.25) is 14.4 Å². The third-order valence-electron chi connectivity index (χ3n) is 5.37. The van der Waals surface area contributed by atoms with Crippen molar-refractivity contribution < 1.29 is 14.4 Å². The first-order valence-corrected chi connectivity index (χ1v) is 9.45. The maximum Gasteiger partial charge on any atom is 0.253 e. The second-order valence-electron chi connectivity index (χ2n) is 7.15. The van der Waals surface area contributed by atoms with Crippen molar-refractivity contribution in [1.82, 2.24) is 10.2 Å². The van der Waals surface area contributed by atoms with E-state index >= 15 is 0 Å². The Balaban J connectivity index is 1.55. The van der Waals surface area contributed by atoms with E-state index in [-0.39, 0.29) is 23.6 Å². The van der Waals surface area contributed by atoms with E-state index in [1.165, 1.54) is 0 Å². The van der Waals surface area contributed by atoms with Crippen LogP contribution in [0, 0.1) is 0 Å². The van der Waals surface area contributed by atoms with Crippen LogP contribution in [0.3, 0.4) is 0 Å². The van der Waals surface area contributed by atoms with Gasteiger partial charge in [0.05, 0.1) is 0 Å². The van der Waals surface area contributed by atoms with Crippen LogP contribution >= 0.6 is 0 Å². The minimum atomic E-state index is -0.0861. The van der Waals surface area contributed by atoms with Crippen molar-refractivity contribution in [3.05, 3.63) is 59.2 Å². The van der Waals surface area contributed by atoms with Crippen LogP contribution in [-0.2, 0) is 4.79 Å². The number of hydrogen-bond donors (Lipinski definition) is 1. The summed E-state index contributed by atoms with van der Waals surface area (Å²) in [6.07, 6.45) is 2.18. The van der Waals surface area contributed by atoms with Crippen LogP contribution in [0.2, 0.25) is 0 Å². The van der Waals surface area contributed by atoms with Gasteiger partial charge >= 0.3 is 0 Å². The summed E-state index contributed by atoms with van der Waals surface area (Å²) in [6, 6.07) is 12.9. The highest BCUT2D eigenvalue weighted by Crippen LogP contribution is 2.36. The van der Waals surface area contributed by atoms with Crippen molar-refractivity contribution in [2.24, 2.45) is 0 Å². The summed E-state index contributed by atoms with van der Waals surface area (Å²) in [5.74, 6) is -0.103. The Morgan fingerprint density at radius 3 is 2.59 bits per heavy atom. The summed E-state index contributed by atoms with van der Waals surface area (Å²) in [7, 11) is 0. The molecule has 0 saturated carbocycles. The van der Waals surface area contributed by atoms with Gasteiger partial charge in [0.25, 0.3) is 5.91 Å². The Kier molecular flexibility index (Phi) is 4.52. The summed E-state index contributed by atoms with van der Waals surface area (Å²) < 4.78 is 0. The van der Waals surface area contributed by atoms with Crippen LogP contribution in [0.25, 0.3) is 11.1 Å². The molecule has 1 aliphatic heterocycles. The molecule has 138 valence electrons. The third kappa shape index (κ3) is 3.14. The van der Waals surface area contributed by atoms with Gasteiger partial charge in [-0.05, 0) is 36.1 Å². The number of likely N-dealkylation sites (tertiary alicyclic amines) is 1. The van der Waals surface area contributed by atoms with E-state index in [1.54, 1.807) is 17.0 Å². The van der Waals surface area contributed by atoms with Crippen molar-refractivity contribution in [3.63, 3.8) is 0 Å². The molecule has 0 bridgehead atoms. The van der Waals surface area contributed by atoms with Crippen LogP contribution in [0.1, 0.15) is 52.5 Å². The summed E-state index contributed by atoms with van der Waals surface area (Å²) in [6.45, 7) is 3.00. The number of piperidine rings is 1. The van der Waals surface area contributed by atoms with Crippen molar-refractivity contribution >= 4 is 17.6 Å². The molecule has 5 heteroatoms. The first-order chi connectivity index (χ1) is 13.1. The van der Waals surface area contributed by atoms with Crippen LogP contribution in [0.4, 0.5) is 0 Å². The molecule has 1 aliphatic carbocycles. The van der Waals surface area contributed by atoms with E-state index in [0.717, 1.165) is 24.0 Å². The molecule has 4 rings (SSSR count). The highest BCUT2D eigenvalue weighted by molar-refractivity contribution is 6.22. The zero-order valence-corrected chi connectivity index (χ0v) is 15.3. The fraction of sp³-hybridized carbons (Fsp3) is 0.318. The zero-order valence-electron chi connectivity index (χ0n) is 15.3. The molecule has 0 unspecified atom stereocenters. The number of amides is 2. The molecule has 2 aromatic rings. The predicted octanol–water partition coefficient (Wildman–Crippen LogP) is 3.03. The van der Waals surface area contributed by atoms with E-state index < -0.39 is 0 Å². The minimum Gasteiger partial charge on any atom is -0.352 e. The smallest absolute Gasteiger partial charge is 0.253 e. The maximum absolute atomic E-state index is 13.0. The molecule has 2 aromatic carbocycles. The first-order valence-electron chi connectivity index (χ1n) is 9.45. The highest BCUT2D eigenvalue weighted by Gasteiger charge is 2.29. The average Bonchev–Trinajstić information content (AvgIpc) is 2.99. The third-order valence-corrected chi connectivity index (χ3v) is 5.37. The summed E-state index contributed by atoms with van der Waals surface area (Å²) in [5.41, 5.74) is 3.63. The number of carbonyl (C=O) groups excluding carboxylic acids is 3. The van der Waals surface area contributed by atoms with Crippen molar-refractivity contribution in [1.29, 1.82) is 0 Å². The molecule has 1 saturated heterocycles. The quantitative estimate of drug-likeness (QED) is 0.779. The van der Waals surface area contributed by atoms with Crippen LogP contribution in [-0.4, -0.2) is 41.6 Å². The number of hydrogen-bond acceptors (Lipinski definition) is 3. The van der Waals surface area contributed by atoms with Gasteiger partial charge in [0.15, 0.2) is 5.78 Å². The predicted molar refractivity (Wildman–Crippen MR) is 103 cm³/mol. The molecule has 0 aromatic heterocycles. The molecule has 27 heavy (non-hydrogen) atoms. The average molecular weight is 362 g/mol. The van der Waals surface area contributed by atoms with E-state index in [0.29, 0.717) is 36.2 Å². The monoisotopic (exact) mass is 362 g/mol. The Morgan fingerprint density at radius 2 is 1.81 bits per heavy atom. The summed E-state index contributed by atoms with van der Waals surface area (Å²) in [4.78, 5) is 39.1. The van der Waals surface area contributed by atoms with E-state index in [4.69, 9.17) is 0 Å². The number of fused-ring (bicyclic) bond motifs is 3. The number of nitrogens with zero attached hydrogens (tertiary/aromatic N) is 1. The van der Waals surface area contributed by atoms with Crippen LogP contribution in [0.15, 0.2) is 42.5 Å². The molecular formula is C22H22N2O3. The lowest BCUT2D eigenvalue weighted by atomic mass is 10.0. The molecule has 1 N–H and O–H groups in total. The molecule has 1 heterocycles. The number of rotatable bonds is 3. The summed E-state index contributed by atoms with van der Waals surface area (Å²) >= 11 is 0. The molecule has 1 fully saturated rings. The molecule has 5 nitrogen and oxygen atoms in total. The number of benzene rings is 2. The van der Waals surface area contributed by atoms with Gasteiger partial charge in [-0.2, -0.15) is 0 Å². The molecule has 2 aliphatic rings. The lowest BCUT2D eigenvalue weighted by molar-refractivity contribution is -0.121. The molecule has 0 spiro atoms. The normalized spacial score (nSPS) is 18.0. The van der Waals surface area contributed by atoms with Crippen LogP contribution < -0.4 is 5.32 Å². The van der Waals surface area contributed by atoms with Crippen molar-refractivity contribution in [2.45, 2.75) is 32.2 Å². The number of carbonyl (C=O) groups is 3. The first kappa shape index (κ1) is 17.5. The van der Waals surface area contributed by atoms with Crippen LogP contribution in [0.5, 0.6) is 0 Å². The van der Waals surface area contributed by atoms with Gasteiger partial charge in [0.1, 0.15) is 0 Å².